The van der Waals surface area contributed by atoms with Crippen molar-refractivity contribution in [3.8, 4) is 0 Å². The smallest absolute Gasteiger partial charge is 0.331 e. The summed E-state index contributed by atoms with van der Waals surface area (Å²) in [7, 11) is 0. The van der Waals surface area contributed by atoms with Gasteiger partial charge in [0.2, 0.25) is 0 Å². The van der Waals surface area contributed by atoms with Crippen LogP contribution in [0, 0.1) is 0 Å². The first-order valence-electron chi connectivity index (χ1n) is 5.04. The third-order valence-corrected chi connectivity index (χ3v) is 2.29. The molecule has 0 spiro atoms. The largest absolute Gasteiger partial charge is 0.478 e. The van der Waals surface area contributed by atoms with Gasteiger partial charge in [-0.15, -0.1) is 0 Å². The summed E-state index contributed by atoms with van der Waals surface area (Å²) in [4.78, 5) is 33.8. The molecule has 0 atom stereocenters. The van der Waals surface area contributed by atoms with E-state index in [0.29, 0.717) is 19.2 Å². The monoisotopic (exact) mass is 243 g/mol. The number of carbonyl (C=O) groups is 3. The number of carboxylic acids is 2. The lowest BCUT2D eigenvalue weighted by atomic mass is 10.1. The quantitative estimate of drug-likeness (QED) is 0.487. The minimum absolute atomic E-state index is 0.0783. The van der Waals surface area contributed by atoms with Crippen LogP contribution in [-0.2, 0) is 19.1 Å². The van der Waals surface area contributed by atoms with Gasteiger partial charge in [0.1, 0.15) is 6.61 Å². The molecule has 0 saturated carbocycles. The number of hydrogen-bond acceptors (Lipinski definition) is 5. The van der Waals surface area contributed by atoms with Gasteiger partial charge in [-0.05, 0) is 6.42 Å². The lowest BCUT2D eigenvalue weighted by Crippen LogP contribution is -2.40. The summed E-state index contributed by atoms with van der Waals surface area (Å²) >= 11 is 0. The fourth-order valence-electron chi connectivity index (χ4n) is 1.46. The van der Waals surface area contributed by atoms with E-state index >= 15 is 0 Å². The summed E-state index contributed by atoms with van der Waals surface area (Å²) in [5.41, 5.74) is -0.184. The Kier molecular flexibility index (Phi) is 4.65. The Labute approximate surface area is 97.3 Å². The lowest BCUT2D eigenvalue weighted by Gasteiger charge is -2.25. The molecule has 1 fully saturated rings. The van der Waals surface area contributed by atoms with Gasteiger partial charge in [-0.25, -0.2) is 9.59 Å². The van der Waals surface area contributed by atoms with Crippen molar-refractivity contribution in [2.75, 3.05) is 26.2 Å². The van der Waals surface area contributed by atoms with Crippen molar-refractivity contribution >= 4 is 17.9 Å². The van der Waals surface area contributed by atoms with Crippen LogP contribution in [0.2, 0.25) is 0 Å². The molecule has 1 aliphatic rings. The van der Waals surface area contributed by atoms with Crippen molar-refractivity contribution in [1.29, 1.82) is 0 Å². The Morgan fingerprint density at radius 1 is 1.41 bits per heavy atom. The fraction of sp³-hybridized carbons (Fsp3) is 0.500. The molecule has 1 saturated heterocycles. The maximum Gasteiger partial charge on any atom is 0.331 e. The molecule has 0 bridgehead atoms. The second-order valence-corrected chi connectivity index (χ2v) is 3.56. The molecule has 0 unspecified atom stereocenters. The van der Waals surface area contributed by atoms with Crippen molar-refractivity contribution in [2.24, 2.45) is 0 Å². The van der Waals surface area contributed by atoms with Crippen molar-refractivity contribution in [2.45, 2.75) is 6.42 Å². The first-order chi connectivity index (χ1) is 7.99. The van der Waals surface area contributed by atoms with Crippen LogP contribution in [0.3, 0.4) is 0 Å². The molecule has 0 radical (unpaired) electrons. The zero-order chi connectivity index (χ0) is 12.8. The van der Waals surface area contributed by atoms with Gasteiger partial charge in [0, 0.05) is 24.7 Å². The third-order valence-electron chi connectivity index (χ3n) is 2.29. The number of hydrogen-bond donors (Lipinski definition) is 2. The van der Waals surface area contributed by atoms with E-state index in [1.54, 1.807) is 4.90 Å². The summed E-state index contributed by atoms with van der Waals surface area (Å²) < 4.78 is 4.72. The van der Waals surface area contributed by atoms with Crippen LogP contribution < -0.4 is 0 Å². The van der Waals surface area contributed by atoms with Gasteiger partial charge in [-0.3, -0.25) is 9.69 Å². The molecular weight excluding hydrogens is 230 g/mol. The van der Waals surface area contributed by atoms with Gasteiger partial charge in [0.25, 0.3) is 0 Å². The van der Waals surface area contributed by atoms with Gasteiger partial charge in [0.05, 0.1) is 6.54 Å². The Morgan fingerprint density at radius 3 is 2.65 bits per heavy atom. The molecule has 0 aliphatic carbocycles. The number of carbonyl (C=O) groups excluding carboxylic acids is 1. The summed E-state index contributed by atoms with van der Waals surface area (Å²) in [6.07, 6.45) is 0.750. The zero-order valence-corrected chi connectivity index (χ0v) is 9.09. The van der Waals surface area contributed by atoms with Crippen LogP contribution in [0.4, 0.5) is 0 Å². The molecule has 1 aliphatic heterocycles. The molecule has 94 valence electrons. The minimum Gasteiger partial charge on any atom is -0.478 e. The summed E-state index contributed by atoms with van der Waals surface area (Å²) in [5, 5.41) is 17.2. The van der Waals surface area contributed by atoms with Crippen molar-refractivity contribution in [3.05, 3.63) is 11.6 Å². The highest BCUT2D eigenvalue weighted by molar-refractivity contribution is 5.94. The summed E-state index contributed by atoms with van der Waals surface area (Å²) in [6, 6.07) is 0. The maximum atomic E-state index is 10.9. The standard InChI is InChI=1S/C10H13NO6/c12-8(13)5-7(10(15)16)1-2-11-3-4-17-9(14)6-11/h5H,1-4,6H2,(H,12,13)(H,15,16)/b7-5+. The van der Waals surface area contributed by atoms with Crippen molar-refractivity contribution in [3.63, 3.8) is 0 Å². The topological polar surface area (TPSA) is 104 Å². The van der Waals surface area contributed by atoms with E-state index in [1.807, 2.05) is 0 Å². The molecule has 1 rings (SSSR count). The molecule has 17 heavy (non-hydrogen) atoms. The van der Waals surface area contributed by atoms with Gasteiger partial charge in [-0.1, -0.05) is 0 Å². The normalized spacial score (nSPS) is 17.6. The lowest BCUT2D eigenvalue weighted by molar-refractivity contribution is -0.150. The predicted molar refractivity (Wildman–Crippen MR) is 55.4 cm³/mol. The molecule has 0 amide bonds. The summed E-state index contributed by atoms with van der Waals surface area (Å²) in [5.74, 6) is -2.90. The molecule has 7 heteroatoms. The number of cyclic esters (lactones) is 1. The van der Waals surface area contributed by atoms with E-state index in [9.17, 15) is 14.4 Å². The van der Waals surface area contributed by atoms with Crippen LogP contribution >= 0.6 is 0 Å². The van der Waals surface area contributed by atoms with Crippen LogP contribution in [0.25, 0.3) is 0 Å². The van der Waals surface area contributed by atoms with Crippen LogP contribution in [0.15, 0.2) is 11.6 Å². The highest BCUT2D eigenvalue weighted by Crippen LogP contribution is 2.06. The van der Waals surface area contributed by atoms with Gasteiger partial charge in [0.15, 0.2) is 0 Å². The van der Waals surface area contributed by atoms with Gasteiger partial charge >= 0.3 is 17.9 Å². The predicted octanol–water partition coefficient (Wildman–Crippen LogP) is -0.669. The SMILES string of the molecule is O=C(O)/C=C(\CCN1CCOC(=O)C1)C(=O)O. The van der Waals surface area contributed by atoms with Crippen LogP contribution in [-0.4, -0.2) is 59.3 Å². The van der Waals surface area contributed by atoms with E-state index < -0.39 is 11.9 Å². The molecular formula is C10H13NO6. The number of ether oxygens (including phenoxy) is 1. The van der Waals surface area contributed by atoms with E-state index in [0.717, 1.165) is 0 Å². The van der Waals surface area contributed by atoms with Gasteiger partial charge < -0.3 is 14.9 Å². The molecule has 2 N–H and O–H groups in total. The average molecular weight is 243 g/mol. The Morgan fingerprint density at radius 2 is 2.12 bits per heavy atom. The van der Waals surface area contributed by atoms with E-state index in [2.05, 4.69) is 0 Å². The zero-order valence-electron chi connectivity index (χ0n) is 9.09. The number of aliphatic carboxylic acids is 2. The number of carboxylic acid groups (broad SMARTS) is 2. The molecule has 7 nitrogen and oxygen atoms in total. The van der Waals surface area contributed by atoms with Crippen LogP contribution in [0.1, 0.15) is 6.42 Å². The van der Waals surface area contributed by atoms with E-state index in [4.69, 9.17) is 14.9 Å². The highest BCUT2D eigenvalue weighted by Gasteiger charge is 2.19. The molecule has 1 heterocycles. The molecule has 0 aromatic rings. The Hall–Kier alpha value is -1.89. The van der Waals surface area contributed by atoms with Crippen molar-refractivity contribution in [1.82, 2.24) is 4.90 Å². The average Bonchev–Trinajstić information content (AvgIpc) is 2.23. The van der Waals surface area contributed by atoms with E-state index in [1.165, 1.54) is 0 Å². The first-order valence-corrected chi connectivity index (χ1v) is 5.04. The first kappa shape index (κ1) is 13.2. The minimum atomic E-state index is -1.29. The number of esters is 1. The third kappa shape index (κ3) is 4.64. The number of nitrogens with zero attached hydrogens (tertiary/aromatic N) is 1. The van der Waals surface area contributed by atoms with E-state index in [-0.39, 0.29) is 31.1 Å². The second kappa shape index (κ2) is 6.00. The number of morpholine rings is 1. The van der Waals surface area contributed by atoms with Crippen molar-refractivity contribution < 1.29 is 29.3 Å². The second-order valence-electron chi connectivity index (χ2n) is 3.56. The van der Waals surface area contributed by atoms with Gasteiger partial charge in [-0.2, -0.15) is 0 Å². The Bertz CT molecular complexity index is 362. The van der Waals surface area contributed by atoms with Crippen LogP contribution in [0.5, 0.6) is 0 Å². The number of rotatable bonds is 5. The molecule has 0 aromatic carbocycles. The summed E-state index contributed by atoms with van der Waals surface area (Å²) in [6.45, 7) is 1.25. The maximum absolute atomic E-state index is 10.9. The Balaban J connectivity index is 2.49. The fourth-order valence-corrected chi connectivity index (χ4v) is 1.46. The molecule has 0 aromatic heterocycles. The highest BCUT2D eigenvalue weighted by atomic mass is 16.5.